The number of hydrogen-bond acceptors (Lipinski definition) is 0. The maximum atomic E-state index is 3.96. The Labute approximate surface area is 60.5 Å². The summed E-state index contributed by atoms with van der Waals surface area (Å²) < 4.78 is 0. The highest BCUT2D eigenvalue weighted by molar-refractivity contribution is 5.61. The molecular formula is C10H9. The molecule has 0 heteroatoms. The minimum Gasteiger partial charge on any atom is -0.0726 e. The van der Waals surface area contributed by atoms with Crippen LogP contribution in [-0.4, -0.2) is 0 Å². The molecule has 0 unspecified atom stereocenters. The SMILES string of the molecule is [CH2]C1=c2ccccc2=CC1. The minimum atomic E-state index is 1.03. The van der Waals surface area contributed by atoms with Gasteiger partial charge >= 0.3 is 0 Å². The number of hydrogen-bond donors (Lipinski definition) is 0. The molecule has 0 heterocycles. The normalized spacial score (nSPS) is 14.7. The fourth-order valence-corrected chi connectivity index (χ4v) is 1.34. The second-order valence-electron chi connectivity index (χ2n) is 2.60. The van der Waals surface area contributed by atoms with Crippen molar-refractivity contribution >= 4 is 11.6 Å². The summed E-state index contributed by atoms with van der Waals surface area (Å²) in [4.78, 5) is 0. The summed E-state index contributed by atoms with van der Waals surface area (Å²) in [6, 6.07) is 8.38. The van der Waals surface area contributed by atoms with Crippen molar-refractivity contribution in [3.8, 4) is 0 Å². The molecule has 0 atom stereocenters. The van der Waals surface area contributed by atoms with Gasteiger partial charge in [0.15, 0.2) is 0 Å². The second kappa shape index (κ2) is 1.98. The molecule has 0 saturated heterocycles. The van der Waals surface area contributed by atoms with Crippen LogP contribution >= 0.6 is 0 Å². The lowest BCUT2D eigenvalue weighted by Crippen LogP contribution is -2.21. The predicted octanol–water partition coefficient (Wildman–Crippen LogP) is 0.856. The first-order valence-corrected chi connectivity index (χ1v) is 3.48. The molecule has 0 aromatic heterocycles. The average molecular weight is 129 g/mol. The fraction of sp³-hybridized carbons (Fsp3) is 0.100. The minimum absolute atomic E-state index is 1.03. The highest BCUT2D eigenvalue weighted by atomic mass is 14.0. The van der Waals surface area contributed by atoms with Crippen LogP contribution in [0.2, 0.25) is 0 Å². The number of rotatable bonds is 0. The smallest absolute Gasteiger partial charge is 0.0120 e. The van der Waals surface area contributed by atoms with Crippen molar-refractivity contribution in [3.63, 3.8) is 0 Å². The summed E-state index contributed by atoms with van der Waals surface area (Å²) in [5.74, 6) is 0. The van der Waals surface area contributed by atoms with Gasteiger partial charge < -0.3 is 0 Å². The molecule has 1 aromatic carbocycles. The van der Waals surface area contributed by atoms with Gasteiger partial charge in [0.05, 0.1) is 0 Å². The topological polar surface area (TPSA) is 0 Å². The van der Waals surface area contributed by atoms with Crippen molar-refractivity contribution in [1.82, 2.24) is 0 Å². The molecule has 1 aliphatic rings. The molecule has 1 aliphatic carbocycles. The van der Waals surface area contributed by atoms with Crippen molar-refractivity contribution < 1.29 is 0 Å². The lowest BCUT2D eigenvalue weighted by molar-refractivity contribution is 1.52. The Balaban J connectivity index is 2.96. The van der Waals surface area contributed by atoms with Gasteiger partial charge in [-0.25, -0.2) is 0 Å². The van der Waals surface area contributed by atoms with Gasteiger partial charge in [-0.15, -0.1) is 0 Å². The maximum Gasteiger partial charge on any atom is -0.0120 e. The third-order valence-electron chi connectivity index (χ3n) is 1.91. The van der Waals surface area contributed by atoms with E-state index in [4.69, 9.17) is 0 Å². The third-order valence-corrected chi connectivity index (χ3v) is 1.91. The summed E-state index contributed by atoms with van der Waals surface area (Å²) in [7, 11) is 0. The highest BCUT2D eigenvalue weighted by Gasteiger charge is 1.96. The van der Waals surface area contributed by atoms with Gasteiger partial charge in [-0.05, 0) is 23.8 Å². The lowest BCUT2D eigenvalue weighted by atomic mass is 10.2. The van der Waals surface area contributed by atoms with Crippen LogP contribution in [-0.2, 0) is 0 Å². The summed E-state index contributed by atoms with van der Waals surface area (Å²) >= 11 is 0. The van der Waals surface area contributed by atoms with Crippen molar-refractivity contribution in [2.24, 2.45) is 0 Å². The standard InChI is InChI=1S/C10H9/c1-8-6-7-9-4-2-3-5-10(8)9/h2-5,7H,1,6H2. The van der Waals surface area contributed by atoms with Crippen LogP contribution < -0.4 is 10.4 Å². The molecule has 10 heavy (non-hydrogen) atoms. The molecule has 0 nitrogen and oxygen atoms in total. The largest absolute Gasteiger partial charge is 0.0726 e. The van der Waals surface area contributed by atoms with Gasteiger partial charge in [0.2, 0.25) is 0 Å². The van der Waals surface area contributed by atoms with Gasteiger partial charge in [0.1, 0.15) is 0 Å². The van der Waals surface area contributed by atoms with E-state index < -0.39 is 0 Å². The van der Waals surface area contributed by atoms with Crippen LogP contribution in [0.4, 0.5) is 0 Å². The Kier molecular flexibility index (Phi) is 1.13. The number of fused-ring (bicyclic) bond motifs is 1. The molecule has 0 aliphatic heterocycles. The van der Waals surface area contributed by atoms with E-state index in [-0.39, 0.29) is 0 Å². The van der Waals surface area contributed by atoms with Crippen LogP contribution in [0.5, 0.6) is 0 Å². The molecule has 2 rings (SSSR count). The molecule has 0 bridgehead atoms. The van der Waals surface area contributed by atoms with Gasteiger partial charge in [-0.2, -0.15) is 0 Å². The van der Waals surface area contributed by atoms with E-state index in [1.54, 1.807) is 0 Å². The van der Waals surface area contributed by atoms with Crippen molar-refractivity contribution in [3.05, 3.63) is 41.6 Å². The lowest BCUT2D eigenvalue weighted by Gasteiger charge is -1.86. The summed E-state index contributed by atoms with van der Waals surface area (Å²) in [6.07, 6.45) is 3.25. The van der Waals surface area contributed by atoms with Gasteiger partial charge in [-0.3, -0.25) is 0 Å². The van der Waals surface area contributed by atoms with Crippen LogP contribution in [0.25, 0.3) is 11.6 Å². The Morgan fingerprint density at radius 2 is 2.00 bits per heavy atom. The Morgan fingerprint density at radius 1 is 1.20 bits per heavy atom. The molecule has 1 radical (unpaired) electrons. The monoisotopic (exact) mass is 129 g/mol. The van der Waals surface area contributed by atoms with E-state index in [0.717, 1.165) is 6.42 Å². The van der Waals surface area contributed by atoms with E-state index >= 15 is 0 Å². The molecule has 0 amide bonds. The summed E-state index contributed by atoms with van der Waals surface area (Å²) in [5, 5.41) is 2.66. The Hall–Kier alpha value is -1.04. The Morgan fingerprint density at radius 3 is 2.80 bits per heavy atom. The highest BCUT2D eigenvalue weighted by Crippen LogP contribution is 2.00. The second-order valence-corrected chi connectivity index (χ2v) is 2.60. The zero-order chi connectivity index (χ0) is 6.97. The first-order chi connectivity index (χ1) is 4.88. The van der Waals surface area contributed by atoms with Crippen LogP contribution in [0.1, 0.15) is 6.42 Å². The summed E-state index contributed by atoms with van der Waals surface area (Å²) in [5.41, 5.74) is 1.25. The molecule has 0 fully saturated rings. The Bertz CT molecular complexity index is 358. The molecule has 0 spiro atoms. The molecule has 49 valence electrons. The van der Waals surface area contributed by atoms with Crippen LogP contribution in [0.15, 0.2) is 24.3 Å². The summed E-state index contributed by atoms with van der Waals surface area (Å²) in [6.45, 7) is 3.96. The van der Waals surface area contributed by atoms with Crippen LogP contribution in [0, 0.1) is 6.92 Å². The first kappa shape index (κ1) is 5.72. The third kappa shape index (κ3) is 0.688. The van der Waals surface area contributed by atoms with Gasteiger partial charge in [0, 0.05) is 0 Å². The van der Waals surface area contributed by atoms with E-state index in [0.29, 0.717) is 0 Å². The molecule has 0 saturated carbocycles. The van der Waals surface area contributed by atoms with Crippen molar-refractivity contribution in [2.75, 3.05) is 0 Å². The molecular weight excluding hydrogens is 120 g/mol. The van der Waals surface area contributed by atoms with Crippen molar-refractivity contribution in [2.45, 2.75) is 6.42 Å². The van der Waals surface area contributed by atoms with Crippen LogP contribution in [0.3, 0.4) is 0 Å². The molecule has 0 N–H and O–H groups in total. The first-order valence-electron chi connectivity index (χ1n) is 3.48. The zero-order valence-corrected chi connectivity index (χ0v) is 5.80. The van der Waals surface area contributed by atoms with E-state index in [1.807, 2.05) is 0 Å². The number of benzene rings is 1. The predicted molar refractivity (Wildman–Crippen MR) is 43.5 cm³/mol. The van der Waals surface area contributed by atoms with Crippen molar-refractivity contribution in [1.29, 1.82) is 0 Å². The zero-order valence-electron chi connectivity index (χ0n) is 5.80. The van der Waals surface area contributed by atoms with E-state index in [9.17, 15) is 0 Å². The van der Waals surface area contributed by atoms with E-state index in [2.05, 4.69) is 37.3 Å². The van der Waals surface area contributed by atoms with Gasteiger partial charge in [0.25, 0.3) is 0 Å². The quantitative estimate of drug-likeness (QED) is 0.487. The van der Waals surface area contributed by atoms with Gasteiger partial charge in [-0.1, -0.05) is 35.9 Å². The maximum absolute atomic E-state index is 3.96. The molecule has 1 aromatic rings. The average Bonchev–Trinajstić information content (AvgIpc) is 2.34. The van der Waals surface area contributed by atoms with E-state index in [1.165, 1.54) is 16.0 Å². The fourth-order valence-electron chi connectivity index (χ4n) is 1.34.